The lowest BCUT2D eigenvalue weighted by Gasteiger charge is -2.06. The molecule has 0 atom stereocenters. The van der Waals surface area contributed by atoms with E-state index in [1.165, 1.54) is 12.8 Å². The lowest BCUT2D eigenvalue weighted by molar-refractivity contribution is 0.414. The molecule has 0 amide bonds. The minimum absolute atomic E-state index is 0.560. The average Bonchev–Trinajstić information content (AvgIpc) is 3.13. The van der Waals surface area contributed by atoms with Crippen molar-refractivity contribution < 1.29 is 4.74 Å². The first kappa shape index (κ1) is 10.5. The third-order valence-electron chi connectivity index (χ3n) is 2.97. The van der Waals surface area contributed by atoms with Gasteiger partial charge in [0.05, 0.1) is 7.11 Å². The standard InChI is InChI=1S/C12H13N3OS/c1-16-10-6-4-9(5-7-10)15-11(8-2-3-8)13-14-12(15)17/h4-8H,2-3H2,1H3,(H,14,17). The minimum Gasteiger partial charge on any atom is -0.497 e. The van der Waals surface area contributed by atoms with Gasteiger partial charge in [-0.3, -0.25) is 9.67 Å². The van der Waals surface area contributed by atoms with Gasteiger partial charge in [0.15, 0.2) is 4.77 Å². The van der Waals surface area contributed by atoms with E-state index in [2.05, 4.69) is 10.2 Å². The van der Waals surface area contributed by atoms with Gasteiger partial charge in [-0.25, -0.2) is 0 Å². The van der Waals surface area contributed by atoms with Gasteiger partial charge < -0.3 is 4.74 Å². The third-order valence-corrected chi connectivity index (χ3v) is 3.25. The van der Waals surface area contributed by atoms with E-state index >= 15 is 0 Å². The van der Waals surface area contributed by atoms with Crippen LogP contribution >= 0.6 is 12.2 Å². The predicted molar refractivity (Wildman–Crippen MR) is 67.3 cm³/mol. The Labute approximate surface area is 104 Å². The summed E-state index contributed by atoms with van der Waals surface area (Å²) in [6.45, 7) is 0. The number of H-pyrrole nitrogens is 1. The van der Waals surface area contributed by atoms with Crippen LogP contribution in [0, 0.1) is 4.77 Å². The van der Waals surface area contributed by atoms with Crippen LogP contribution in [0.2, 0.25) is 0 Å². The second-order valence-electron chi connectivity index (χ2n) is 4.19. The maximum Gasteiger partial charge on any atom is 0.199 e. The van der Waals surface area contributed by atoms with Crippen molar-refractivity contribution >= 4 is 12.2 Å². The monoisotopic (exact) mass is 247 g/mol. The molecule has 17 heavy (non-hydrogen) atoms. The zero-order valence-electron chi connectivity index (χ0n) is 9.51. The summed E-state index contributed by atoms with van der Waals surface area (Å²) in [6.07, 6.45) is 2.41. The smallest absolute Gasteiger partial charge is 0.199 e. The number of rotatable bonds is 3. The zero-order valence-corrected chi connectivity index (χ0v) is 10.3. The number of hydrogen-bond donors (Lipinski definition) is 1. The summed E-state index contributed by atoms with van der Waals surface area (Å²) in [5.74, 6) is 2.45. The first-order chi connectivity index (χ1) is 8.29. The van der Waals surface area contributed by atoms with Crippen LogP contribution in [0.3, 0.4) is 0 Å². The molecular formula is C12H13N3OS. The highest BCUT2D eigenvalue weighted by Gasteiger charge is 2.29. The molecule has 0 bridgehead atoms. The molecule has 4 nitrogen and oxygen atoms in total. The van der Waals surface area contributed by atoms with E-state index in [0.717, 1.165) is 17.3 Å². The van der Waals surface area contributed by atoms with Gasteiger partial charge in [-0.15, -0.1) is 0 Å². The fraction of sp³-hybridized carbons (Fsp3) is 0.333. The van der Waals surface area contributed by atoms with Gasteiger partial charge in [-0.1, -0.05) is 0 Å². The Bertz CT molecular complexity index is 581. The molecule has 1 aromatic carbocycles. The molecule has 88 valence electrons. The molecule has 1 heterocycles. The lowest BCUT2D eigenvalue weighted by Crippen LogP contribution is -2.00. The van der Waals surface area contributed by atoms with Crippen molar-refractivity contribution in [3.05, 3.63) is 34.9 Å². The molecule has 3 rings (SSSR count). The fourth-order valence-electron chi connectivity index (χ4n) is 1.91. The maximum absolute atomic E-state index is 5.28. The molecule has 1 N–H and O–H groups in total. The van der Waals surface area contributed by atoms with E-state index in [9.17, 15) is 0 Å². The van der Waals surface area contributed by atoms with Crippen LogP contribution < -0.4 is 4.74 Å². The van der Waals surface area contributed by atoms with Gasteiger partial charge in [0.25, 0.3) is 0 Å². The normalized spacial score (nSPS) is 14.9. The topological polar surface area (TPSA) is 42.8 Å². The SMILES string of the molecule is COc1ccc(-n2c(C3CC3)n[nH]c2=S)cc1. The van der Waals surface area contributed by atoms with Gasteiger partial charge in [0, 0.05) is 11.6 Å². The number of aromatic nitrogens is 3. The number of nitrogens with zero attached hydrogens (tertiary/aromatic N) is 2. The third kappa shape index (κ3) is 1.86. The quantitative estimate of drug-likeness (QED) is 0.848. The Balaban J connectivity index is 2.07. The number of methoxy groups -OCH3 is 1. The number of ether oxygens (including phenoxy) is 1. The second kappa shape index (κ2) is 4.00. The molecule has 0 saturated heterocycles. The van der Waals surface area contributed by atoms with Crippen molar-refractivity contribution in [1.29, 1.82) is 0 Å². The first-order valence-electron chi connectivity index (χ1n) is 5.61. The molecule has 0 radical (unpaired) electrons. The summed E-state index contributed by atoms with van der Waals surface area (Å²) >= 11 is 5.28. The largest absolute Gasteiger partial charge is 0.497 e. The van der Waals surface area contributed by atoms with Crippen LogP contribution in [-0.2, 0) is 0 Å². The van der Waals surface area contributed by atoms with Crippen molar-refractivity contribution in [1.82, 2.24) is 14.8 Å². The molecule has 0 aliphatic heterocycles. The second-order valence-corrected chi connectivity index (χ2v) is 4.58. The van der Waals surface area contributed by atoms with Gasteiger partial charge in [0.1, 0.15) is 11.6 Å². The number of nitrogens with one attached hydrogen (secondary N) is 1. The summed E-state index contributed by atoms with van der Waals surface area (Å²) < 4.78 is 7.80. The van der Waals surface area contributed by atoms with E-state index in [4.69, 9.17) is 17.0 Å². The molecular weight excluding hydrogens is 234 g/mol. The Hall–Kier alpha value is -1.62. The van der Waals surface area contributed by atoms with Gasteiger partial charge in [-0.05, 0) is 49.3 Å². The summed E-state index contributed by atoms with van der Waals surface area (Å²) in [4.78, 5) is 0. The van der Waals surface area contributed by atoms with Crippen molar-refractivity contribution in [3.63, 3.8) is 0 Å². The number of hydrogen-bond acceptors (Lipinski definition) is 3. The highest BCUT2D eigenvalue weighted by atomic mass is 32.1. The lowest BCUT2D eigenvalue weighted by atomic mass is 10.3. The van der Waals surface area contributed by atoms with Crippen molar-refractivity contribution in [2.75, 3.05) is 7.11 Å². The van der Waals surface area contributed by atoms with Crippen LogP contribution in [0.5, 0.6) is 5.75 Å². The Morgan fingerprint density at radius 1 is 1.35 bits per heavy atom. The van der Waals surface area contributed by atoms with Crippen LogP contribution in [0.15, 0.2) is 24.3 Å². The van der Waals surface area contributed by atoms with Gasteiger partial charge >= 0.3 is 0 Å². The van der Waals surface area contributed by atoms with E-state index in [-0.39, 0.29) is 0 Å². The van der Waals surface area contributed by atoms with Crippen LogP contribution in [0.4, 0.5) is 0 Å². The molecule has 1 saturated carbocycles. The van der Waals surface area contributed by atoms with E-state index in [1.807, 2.05) is 28.8 Å². The molecule has 5 heteroatoms. The average molecular weight is 247 g/mol. The molecule has 0 unspecified atom stereocenters. The molecule has 1 aliphatic carbocycles. The number of aromatic amines is 1. The van der Waals surface area contributed by atoms with Crippen LogP contribution in [0.25, 0.3) is 5.69 Å². The molecule has 0 spiro atoms. The van der Waals surface area contributed by atoms with Crippen molar-refractivity contribution in [3.8, 4) is 11.4 Å². The van der Waals surface area contributed by atoms with Gasteiger partial charge in [-0.2, -0.15) is 5.10 Å². The minimum atomic E-state index is 0.560. The predicted octanol–water partition coefficient (Wildman–Crippen LogP) is 2.82. The number of benzene rings is 1. The fourth-order valence-corrected chi connectivity index (χ4v) is 2.15. The Kier molecular flexibility index (Phi) is 2.48. The zero-order chi connectivity index (χ0) is 11.8. The van der Waals surface area contributed by atoms with E-state index < -0.39 is 0 Å². The Morgan fingerprint density at radius 2 is 2.06 bits per heavy atom. The first-order valence-corrected chi connectivity index (χ1v) is 6.02. The highest BCUT2D eigenvalue weighted by molar-refractivity contribution is 7.71. The molecule has 1 fully saturated rings. The summed E-state index contributed by atoms with van der Waals surface area (Å²) in [7, 11) is 1.66. The molecule has 2 aromatic rings. The Morgan fingerprint density at radius 3 is 2.65 bits per heavy atom. The van der Waals surface area contributed by atoms with E-state index in [1.54, 1.807) is 7.11 Å². The maximum atomic E-state index is 5.28. The van der Waals surface area contributed by atoms with Crippen molar-refractivity contribution in [2.45, 2.75) is 18.8 Å². The summed E-state index contributed by atoms with van der Waals surface area (Å²) in [5, 5.41) is 7.18. The molecule has 1 aliphatic rings. The molecule has 1 aromatic heterocycles. The van der Waals surface area contributed by atoms with Crippen LogP contribution in [-0.4, -0.2) is 21.9 Å². The highest BCUT2D eigenvalue weighted by Crippen LogP contribution is 2.39. The van der Waals surface area contributed by atoms with Crippen molar-refractivity contribution in [2.24, 2.45) is 0 Å². The van der Waals surface area contributed by atoms with Crippen LogP contribution in [0.1, 0.15) is 24.6 Å². The van der Waals surface area contributed by atoms with E-state index in [0.29, 0.717) is 10.7 Å². The summed E-state index contributed by atoms with van der Waals surface area (Å²) in [6, 6.07) is 7.85. The van der Waals surface area contributed by atoms with Gasteiger partial charge in [0.2, 0.25) is 0 Å². The summed E-state index contributed by atoms with van der Waals surface area (Å²) in [5.41, 5.74) is 1.03.